The molecule has 3 heterocycles. The molecule has 0 atom stereocenters. The summed E-state index contributed by atoms with van der Waals surface area (Å²) in [6.07, 6.45) is 4.68. The van der Waals surface area contributed by atoms with E-state index in [4.69, 9.17) is 4.52 Å². The summed E-state index contributed by atoms with van der Waals surface area (Å²) < 4.78 is 30.6. The van der Waals surface area contributed by atoms with Gasteiger partial charge in [0.05, 0.1) is 28.9 Å². The molecule has 10 heteroatoms. The van der Waals surface area contributed by atoms with Gasteiger partial charge in [0.2, 0.25) is 10.0 Å². The number of sulfonamides is 1. The lowest BCUT2D eigenvalue weighted by atomic mass is 9.87. The largest absolute Gasteiger partial charge is 0.361 e. The van der Waals surface area contributed by atoms with E-state index in [2.05, 4.69) is 28.9 Å². The molecule has 0 aromatic carbocycles. The fraction of sp³-hybridized carbons (Fsp3) is 0.682. The number of nitrogens with zero attached hydrogens (tertiary/aromatic N) is 4. The molecule has 0 radical (unpaired) electrons. The number of aryl methyl sites for hydroxylation is 1. The number of piperidine rings is 1. The van der Waals surface area contributed by atoms with Crippen LogP contribution in [0, 0.1) is 6.92 Å². The lowest BCUT2D eigenvalue weighted by Gasteiger charge is -2.43. The van der Waals surface area contributed by atoms with Crippen LogP contribution in [0.3, 0.4) is 0 Å². The molecule has 1 aliphatic rings. The first kappa shape index (κ1) is 25.0. The number of carbonyl (C=O) groups is 1. The molecule has 0 aliphatic carbocycles. The van der Waals surface area contributed by atoms with E-state index >= 15 is 0 Å². The molecule has 2 aromatic heterocycles. The molecule has 3 rings (SSSR count). The van der Waals surface area contributed by atoms with Crippen molar-refractivity contribution in [2.45, 2.75) is 70.9 Å². The van der Waals surface area contributed by atoms with Crippen LogP contribution in [-0.4, -0.2) is 71.5 Å². The van der Waals surface area contributed by atoms with Crippen molar-refractivity contribution in [1.29, 1.82) is 0 Å². The van der Waals surface area contributed by atoms with E-state index in [9.17, 15) is 13.2 Å². The van der Waals surface area contributed by atoms with Gasteiger partial charge in [0.15, 0.2) is 5.78 Å². The third-order valence-electron chi connectivity index (χ3n) is 6.78. The zero-order valence-corrected chi connectivity index (χ0v) is 21.6. The summed E-state index contributed by atoms with van der Waals surface area (Å²) in [7, 11) is -1.23. The third-order valence-corrected chi connectivity index (χ3v) is 9.32. The van der Waals surface area contributed by atoms with Crippen molar-refractivity contribution >= 4 is 27.1 Å². The molecule has 0 unspecified atom stereocenters. The van der Waals surface area contributed by atoms with Crippen molar-refractivity contribution in [1.82, 2.24) is 19.3 Å². The molecule has 2 aromatic rings. The van der Waals surface area contributed by atoms with Gasteiger partial charge in [0.1, 0.15) is 5.76 Å². The first-order valence-corrected chi connectivity index (χ1v) is 13.5. The van der Waals surface area contributed by atoms with Crippen molar-refractivity contribution in [3.05, 3.63) is 33.6 Å². The van der Waals surface area contributed by atoms with Crippen molar-refractivity contribution < 1.29 is 17.7 Å². The Kier molecular flexibility index (Phi) is 7.01. The first-order chi connectivity index (χ1) is 14.7. The van der Waals surface area contributed by atoms with Gasteiger partial charge in [-0.05, 0) is 54.5 Å². The Hall–Kier alpha value is -1.62. The second kappa shape index (κ2) is 8.96. The van der Waals surface area contributed by atoms with E-state index in [1.54, 1.807) is 11.3 Å². The number of Topliss-reactive ketones (excluding diaryl/α,β-unsaturated/α-hetero) is 1. The summed E-state index contributed by atoms with van der Waals surface area (Å²) in [5, 5.41) is 5.25. The van der Waals surface area contributed by atoms with E-state index < -0.39 is 15.6 Å². The van der Waals surface area contributed by atoms with E-state index in [0.29, 0.717) is 31.7 Å². The number of likely N-dealkylation sites (N-methyl/N-ethyl adjacent to an activating group) is 1. The van der Waals surface area contributed by atoms with Gasteiger partial charge < -0.3 is 4.52 Å². The SMILES string of the molecule is Cc1ncc(C(C)(C)c2cc(CC(=O)C(C)(C)N(C)C3CCN(S(C)(=O)=O)CC3)on2)s1. The number of thiazole rings is 1. The Morgan fingerprint density at radius 3 is 2.44 bits per heavy atom. The molecule has 32 heavy (non-hydrogen) atoms. The molecule has 178 valence electrons. The van der Waals surface area contributed by atoms with Crippen molar-refractivity contribution in [3.63, 3.8) is 0 Å². The summed E-state index contributed by atoms with van der Waals surface area (Å²) in [5.74, 6) is 0.590. The van der Waals surface area contributed by atoms with Crippen molar-refractivity contribution in [2.24, 2.45) is 0 Å². The molecule has 8 nitrogen and oxygen atoms in total. The van der Waals surface area contributed by atoms with E-state index in [1.165, 1.54) is 10.6 Å². The van der Waals surface area contributed by atoms with Gasteiger partial charge in [0, 0.05) is 41.7 Å². The zero-order chi connectivity index (χ0) is 23.9. The minimum atomic E-state index is -3.17. The Morgan fingerprint density at radius 2 is 1.91 bits per heavy atom. The number of aromatic nitrogens is 2. The molecule has 0 amide bonds. The molecule has 0 saturated carbocycles. The second-order valence-electron chi connectivity index (χ2n) is 9.71. The van der Waals surface area contributed by atoms with Gasteiger partial charge >= 0.3 is 0 Å². The van der Waals surface area contributed by atoms with Crippen LogP contribution in [0.2, 0.25) is 0 Å². The second-order valence-corrected chi connectivity index (χ2v) is 12.9. The highest BCUT2D eigenvalue weighted by atomic mass is 32.2. The zero-order valence-electron chi connectivity index (χ0n) is 20.0. The standard InChI is InChI=1S/C22H34N4O4S2/c1-15-23-14-20(31-15)21(2,3)18-12-17(30-24-18)13-19(27)22(4,5)25(6)16-8-10-26(11-9-16)32(7,28)29/h12,14,16H,8-11,13H2,1-7H3. The highest BCUT2D eigenvalue weighted by Gasteiger charge is 2.39. The van der Waals surface area contributed by atoms with Crippen LogP contribution in [-0.2, 0) is 26.7 Å². The highest BCUT2D eigenvalue weighted by molar-refractivity contribution is 7.88. The Bertz CT molecular complexity index is 1060. The van der Waals surface area contributed by atoms with Crippen LogP contribution in [0.1, 0.15) is 61.9 Å². The van der Waals surface area contributed by atoms with Crippen LogP contribution in [0.4, 0.5) is 0 Å². The first-order valence-electron chi connectivity index (χ1n) is 10.8. The predicted octanol–water partition coefficient (Wildman–Crippen LogP) is 3.01. The summed E-state index contributed by atoms with van der Waals surface area (Å²) in [6, 6.07) is 2.01. The van der Waals surface area contributed by atoms with Crippen LogP contribution < -0.4 is 0 Å². The van der Waals surface area contributed by atoms with E-state index in [1.807, 2.05) is 40.1 Å². The summed E-state index contributed by atoms with van der Waals surface area (Å²) >= 11 is 1.63. The van der Waals surface area contributed by atoms with E-state index in [0.717, 1.165) is 15.6 Å². The summed E-state index contributed by atoms with van der Waals surface area (Å²) in [6.45, 7) is 10.9. The average molecular weight is 483 g/mol. The lowest BCUT2D eigenvalue weighted by molar-refractivity contribution is -0.130. The van der Waals surface area contributed by atoms with Gasteiger partial charge in [-0.2, -0.15) is 0 Å². The molecule has 1 fully saturated rings. The van der Waals surface area contributed by atoms with Gasteiger partial charge in [-0.15, -0.1) is 11.3 Å². The lowest BCUT2D eigenvalue weighted by Crippen LogP contribution is -2.56. The van der Waals surface area contributed by atoms with Crippen molar-refractivity contribution in [2.75, 3.05) is 26.4 Å². The van der Waals surface area contributed by atoms with Gasteiger partial charge in [0.25, 0.3) is 0 Å². The maximum atomic E-state index is 13.2. The quantitative estimate of drug-likeness (QED) is 0.570. The number of hydrogen-bond donors (Lipinski definition) is 0. The van der Waals surface area contributed by atoms with Crippen LogP contribution in [0.5, 0.6) is 0 Å². The maximum absolute atomic E-state index is 13.2. The van der Waals surface area contributed by atoms with Crippen LogP contribution in [0.25, 0.3) is 0 Å². The van der Waals surface area contributed by atoms with Crippen molar-refractivity contribution in [3.8, 4) is 0 Å². The fourth-order valence-electron chi connectivity index (χ4n) is 4.06. The number of hydrogen-bond acceptors (Lipinski definition) is 8. The number of ketones is 1. The molecule has 0 bridgehead atoms. The number of rotatable bonds is 8. The molecule has 1 aliphatic heterocycles. The topological polar surface area (TPSA) is 96.6 Å². The van der Waals surface area contributed by atoms with E-state index in [-0.39, 0.29) is 23.7 Å². The Morgan fingerprint density at radius 1 is 1.28 bits per heavy atom. The summed E-state index contributed by atoms with van der Waals surface area (Å²) in [4.78, 5) is 20.8. The maximum Gasteiger partial charge on any atom is 0.211 e. The normalized spacial score (nSPS) is 17.2. The third kappa shape index (κ3) is 5.13. The monoisotopic (exact) mass is 482 g/mol. The predicted molar refractivity (Wildman–Crippen MR) is 125 cm³/mol. The van der Waals surface area contributed by atoms with Gasteiger partial charge in [-0.1, -0.05) is 5.16 Å². The minimum absolute atomic E-state index is 0.0414. The number of carbonyl (C=O) groups excluding carboxylic acids is 1. The molecule has 0 N–H and O–H groups in total. The van der Waals surface area contributed by atoms with Crippen LogP contribution >= 0.6 is 11.3 Å². The summed E-state index contributed by atoms with van der Waals surface area (Å²) in [5.41, 5.74) is -0.283. The highest BCUT2D eigenvalue weighted by Crippen LogP contribution is 2.35. The molecule has 0 spiro atoms. The van der Waals surface area contributed by atoms with Crippen LogP contribution in [0.15, 0.2) is 16.8 Å². The molecule has 1 saturated heterocycles. The Labute approximate surface area is 195 Å². The molecular weight excluding hydrogens is 448 g/mol. The fourth-order valence-corrected chi connectivity index (χ4v) is 5.82. The minimum Gasteiger partial charge on any atom is -0.361 e. The Balaban J connectivity index is 1.66. The van der Waals surface area contributed by atoms with Gasteiger partial charge in [-0.25, -0.2) is 17.7 Å². The van der Waals surface area contributed by atoms with Gasteiger partial charge in [-0.3, -0.25) is 9.69 Å². The average Bonchev–Trinajstić information content (AvgIpc) is 3.36. The molecular formula is C22H34N4O4S2. The smallest absolute Gasteiger partial charge is 0.211 e.